The van der Waals surface area contributed by atoms with Crippen LogP contribution in [0, 0.1) is 5.92 Å². The fourth-order valence-corrected chi connectivity index (χ4v) is 4.78. The van der Waals surface area contributed by atoms with Gasteiger partial charge in [-0.1, -0.05) is 13.8 Å². The zero-order chi connectivity index (χ0) is 24.1. The summed E-state index contributed by atoms with van der Waals surface area (Å²) in [5, 5.41) is 17.0. The molecule has 0 aromatic rings. The fraction of sp³-hybridized carbons (Fsp3) is 0.773. The van der Waals surface area contributed by atoms with Gasteiger partial charge in [0.05, 0.1) is 6.42 Å². The third kappa shape index (κ3) is 5.63. The van der Waals surface area contributed by atoms with Crippen molar-refractivity contribution in [2.45, 2.75) is 76.5 Å². The van der Waals surface area contributed by atoms with Crippen molar-refractivity contribution in [1.82, 2.24) is 25.8 Å². The minimum Gasteiger partial charge on any atom is -0.396 e. The van der Waals surface area contributed by atoms with Crippen LogP contribution >= 0.6 is 0 Å². The highest BCUT2D eigenvalue weighted by Crippen LogP contribution is 2.26. The number of nitrogens with zero attached hydrogens (tertiary/aromatic N) is 2. The SMILES string of the molecule is CC(C)[C@@H]1NC(=O)[C@@H]2CCCN2C(=O)[C@H]2CCCN2C(=O)C[C@H](C(=O)NCCCO)NC1=O. The van der Waals surface area contributed by atoms with Gasteiger partial charge in [-0.2, -0.15) is 0 Å². The monoisotopic (exact) mass is 465 g/mol. The second-order valence-electron chi connectivity index (χ2n) is 9.30. The second-order valence-corrected chi connectivity index (χ2v) is 9.30. The summed E-state index contributed by atoms with van der Waals surface area (Å²) in [6, 6.07) is -3.42. The normalized spacial score (nSPS) is 29.0. The molecule has 33 heavy (non-hydrogen) atoms. The molecule has 0 spiro atoms. The average molecular weight is 466 g/mol. The van der Waals surface area contributed by atoms with Gasteiger partial charge in [-0.3, -0.25) is 24.0 Å². The number of nitrogens with one attached hydrogen (secondary N) is 3. The Hall–Kier alpha value is -2.69. The van der Waals surface area contributed by atoms with E-state index in [-0.39, 0.29) is 37.3 Å². The van der Waals surface area contributed by atoms with Crippen molar-refractivity contribution in [2.75, 3.05) is 26.2 Å². The van der Waals surface area contributed by atoms with E-state index in [4.69, 9.17) is 5.11 Å². The molecule has 4 atom stereocenters. The lowest BCUT2D eigenvalue weighted by Crippen LogP contribution is -2.58. The zero-order valence-corrected chi connectivity index (χ0v) is 19.3. The van der Waals surface area contributed by atoms with E-state index < -0.39 is 41.9 Å². The quantitative estimate of drug-likeness (QED) is 0.363. The predicted molar refractivity (Wildman–Crippen MR) is 117 cm³/mol. The van der Waals surface area contributed by atoms with Gasteiger partial charge in [0.2, 0.25) is 29.5 Å². The molecule has 0 aromatic heterocycles. The van der Waals surface area contributed by atoms with E-state index in [1.807, 2.05) is 0 Å². The molecule has 3 aliphatic rings. The molecular formula is C22H35N5O6. The summed E-state index contributed by atoms with van der Waals surface area (Å²) in [4.78, 5) is 68.5. The van der Waals surface area contributed by atoms with Gasteiger partial charge < -0.3 is 30.9 Å². The molecule has 3 saturated heterocycles. The Morgan fingerprint density at radius 2 is 1.70 bits per heavy atom. The third-order valence-corrected chi connectivity index (χ3v) is 6.59. The number of hydrogen-bond donors (Lipinski definition) is 4. The van der Waals surface area contributed by atoms with E-state index in [2.05, 4.69) is 16.0 Å². The lowest BCUT2D eigenvalue weighted by atomic mass is 10.0. The highest BCUT2D eigenvalue weighted by atomic mass is 16.3. The molecule has 0 aromatic carbocycles. The van der Waals surface area contributed by atoms with Crippen molar-refractivity contribution in [2.24, 2.45) is 5.92 Å². The minimum absolute atomic E-state index is 0.104. The Bertz CT molecular complexity index is 777. The summed E-state index contributed by atoms with van der Waals surface area (Å²) in [6.45, 7) is 4.47. The van der Waals surface area contributed by atoms with Crippen LogP contribution in [-0.2, 0) is 24.0 Å². The summed E-state index contributed by atoms with van der Waals surface area (Å²) in [7, 11) is 0. The van der Waals surface area contributed by atoms with Crippen molar-refractivity contribution in [3.8, 4) is 0 Å². The van der Waals surface area contributed by atoms with Crippen LogP contribution in [0.3, 0.4) is 0 Å². The Kier molecular flexibility index (Phi) is 8.28. The number of hydrogen-bond acceptors (Lipinski definition) is 6. The van der Waals surface area contributed by atoms with Crippen molar-refractivity contribution in [3.63, 3.8) is 0 Å². The van der Waals surface area contributed by atoms with Gasteiger partial charge in [0.1, 0.15) is 24.2 Å². The van der Waals surface area contributed by atoms with Crippen LogP contribution in [0.5, 0.6) is 0 Å². The van der Waals surface area contributed by atoms with Crippen LogP contribution in [0.2, 0.25) is 0 Å². The molecule has 0 unspecified atom stereocenters. The minimum atomic E-state index is -1.15. The molecule has 0 radical (unpaired) electrons. The van der Waals surface area contributed by atoms with Crippen molar-refractivity contribution >= 4 is 29.5 Å². The van der Waals surface area contributed by atoms with Crippen molar-refractivity contribution in [1.29, 1.82) is 0 Å². The molecule has 3 fully saturated rings. The molecule has 0 saturated carbocycles. The van der Waals surface area contributed by atoms with Gasteiger partial charge >= 0.3 is 0 Å². The lowest BCUT2D eigenvalue weighted by Gasteiger charge is -2.31. The highest BCUT2D eigenvalue weighted by Gasteiger charge is 2.44. The summed E-state index contributed by atoms with van der Waals surface area (Å²) in [6.07, 6.45) is 2.39. The molecular weight excluding hydrogens is 430 g/mol. The molecule has 3 aliphatic heterocycles. The average Bonchev–Trinajstić information content (AvgIpc) is 3.45. The summed E-state index contributed by atoms with van der Waals surface area (Å²) in [5.74, 6) is -2.40. The molecule has 0 bridgehead atoms. The van der Waals surface area contributed by atoms with Crippen LogP contribution in [0.4, 0.5) is 0 Å². The van der Waals surface area contributed by atoms with Gasteiger partial charge in [0, 0.05) is 26.2 Å². The van der Waals surface area contributed by atoms with Gasteiger partial charge in [-0.25, -0.2) is 0 Å². The van der Waals surface area contributed by atoms with Crippen LogP contribution in [0.25, 0.3) is 0 Å². The number of carbonyl (C=O) groups excluding carboxylic acids is 5. The third-order valence-electron chi connectivity index (χ3n) is 6.59. The highest BCUT2D eigenvalue weighted by molar-refractivity contribution is 5.98. The molecule has 3 heterocycles. The van der Waals surface area contributed by atoms with E-state index in [0.717, 1.165) is 0 Å². The first-order valence-electron chi connectivity index (χ1n) is 11.8. The van der Waals surface area contributed by atoms with E-state index in [1.165, 1.54) is 9.80 Å². The van der Waals surface area contributed by atoms with E-state index in [1.54, 1.807) is 13.8 Å². The molecule has 5 amide bonds. The second kappa shape index (κ2) is 11.0. The van der Waals surface area contributed by atoms with E-state index in [9.17, 15) is 24.0 Å². The largest absolute Gasteiger partial charge is 0.396 e. The molecule has 11 nitrogen and oxygen atoms in total. The van der Waals surface area contributed by atoms with Crippen LogP contribution in [0.1, 0.15) is 52.4 Å². The molecule has 11 heteroatoms. The van der Waals surface area contributed by atoms with Gasteiger partial charge in [-0.15, -0.1) is 0 Å². The molecule has 4 N–H and O–H groups in total. The molecule has 184 valence electrons. The smallest absolute Gasteiger partial charge is 0.246 e. The number of rotatable bonds is 5. The lowest BCUT2D eigenvalue weighted by molar-refractivity contribution is -0.147. The van der Waals surface area contributed by atoms with Gasteiger partial charge in [-0.05, 0) is 38.0 Å². The molecule has 0 aliphatic carbocycles. The maximum absolute atomic E-state index is 13.3. The molecule has 3 rings (SSSR count). The number of amides is 5. The van der Waals surface area contributed by atoms with Gasteiger partial charge in [0.25, 0.3) is 0 Å². The number of fused-ring (bicyclic) bond motifs is 2. The summed E-state index contributed by atoms with van der Waals surface area (Å²) >= 11 is 0. The van der Waals surface area contributed by atoms with Crippen molar-refractivity contribution < 1.29 is 29.1 Å². The van der Waals surface area contributed by atoms with Crippen LogP contribution in [-0.4, -0.2) is 94.9 Å². The standard InChI is InChI=1S/C22H35N5O6/c1-13(2)18-21(32)24-14(19(30)23-8-5-11-28)12-17(29)26-9-4-7-16(26)22(33)27-10-3-6-15(27)20(31)25-18/h13-16,18,28H,3-12H2,1-2H3,(H,23,30)(H,24,32)(H,25,31)/t14-,15+,16-,18+/m1/s1. The first kappa shape index (κ1) is 24.9. The maximum Gasteiger partial charge on any atom is 0.246 e. The Labute approximate surface area is 193 Å². The Balaban J connectivity index is 1.92. The summed E-state index contributed by atoms with van der Waals surface area (Å²) < 4.78 is 0. The first-order valence-corrected chi connectivity index (χ1v) is 11.8. The first-order chi connectivity index (χ1) is 15.7. The topological polar surface area (TPSA) is 148 Å². The predicted octanol–water partition coefficient (Wildman–Crippen LogP) is -1.50. The number of aliphatic hydroxyl groups is 1. The maximum atomic E-state index is 13.3. The van der Waals surface area contributed by atoms with Gasteiger partial charge in [0.15, 0.2) is 0 Å². The van der Waals surface area contributed by atoms with Crippen LogP contribution < -0.4 is 16.0 Å². The zero-order valence-electron chi connectivity index (χ0n) is 19.3. The summed E-state index contributed by atoms with van der Waals surface area (Å²) in [5.41, 5.74) is 0. The fourth-order valence-electron chi connectivity index (χ4n) is 4.78. The number of carbonyl (C=O) groups is 5. The Morgan fingerprint density at radius 3 is 2.36 bits per heavy atom. The van der Waals surface area contributed by atoms with Crippen LogP contribution in [0.15, 0.2) is 0 Å². The number of aliphatic hydroxyl groups excluding tert-OH is 1. The van der Waals surface area contributed by atoms with E-state index in [0.29, 0.717) is 45.2 Å². The van der Waals surface area contributed by atoms with Crippen molar-refractivity contribution in [3.05, 3.63) is 0 Å². The van der Waals surface area contributed by atoms with E-state index >= 15 is 0 Å². The Morgan fingerprint density at radius 1 is 1.03 bits per heavy atom.